The predicted molar refractivity (Wildman–Crippen MR) is 118 cm³/mol. The molecule has 160 valence electrons. The Morgan fingerprint density at radius 1 is 1.19 bits per heavy atom. The Bertz CT molecular complexity index is 1500. The first-order chi connectivity index (χ1) is 15.4. The molecule has 1 aliphatic carbocycles. The van der Waals surface area contributed by atoms with Crippen LogP contribution in [0, 0.1) is 11.6 Å². The van der Waals surface area contributed by atoms with Crippen LogP contribution >= 0.6 is 12.2 Å². The van der Waals surface area contributed by atoms with Crippen molar-refractivity contribution in [2.24, 2.45) is 0 Å². The summed E-state index contributed by atoms with van der Waals surface area (Å²) >= 11 is 5.54. The molecule has 3 aromatic heterocycles. The number of carboxylic acid groups (broad SMARTS) is 1. The highest BCUT2D eigenvalue weighted by Gasteiger charge is 2.29. The number of aromatic amines is 1. The van der Waals surface area contributed by atoms with Gasteiger partial charge in [-0.15, -0.1) is 0 Å². The lowest BCUT2D eigenvalue weighted by molar-refractivity contribution is 0.0660. The van der Waals surface area contributed by atoms with Crippen molar-refractivity contribution in [2.45, 2.75) is 19.4 Å². The van der Waals surface area contributed by atoms with E-state index < -0.39 is 11.7 Å². The summed E-state index contributed by atoms with van der Waals surface area (Å²) in [5.41, 5.74) is 2.93. The van der Waals surface area contributed by atoms with Crippen LogP contribution in [0.4, 0.5) is 0 Å². The minimum atomic E-state index is -1.17. The van der Waals surface area contributed by atoms with Crippen molar-refractivity contribution in [1.82, 2.24) is 14.5 Å². The number of H-pyrrole nitrogens is 1. The van der Waals surface area contributed by atoms with Crippen LogP contribution in [0.25, 0.3) is 12.2 Å². The van der Waals surface area contributed by atoms with Crippen LogP contribution in [0.3, 0.4) is 0 Å². The topological polar surface area (TPSA) is 114 Å². The second kappa shape index (κ2) is 7.61. The van der Waals surface area contributed by atoms with E-state index >= 15 is 0 Å². The van der Waals surface area contributed by atoms with Gasteiger partial charge in [-0.05, 0) is 29.3 Å². The normalized spacial score (nSPS) is 14.6. The highest BCUT2D eigenvalue weighted by atomic mass is 32.1. The quantitative estimate of drug-likeness (QED) is 0.397. The molecule has 32 heavy (non-hydrogen) atoms. The van der Waals surface area contributed by atoms with E-state index in [9.17, 15) is 9.59 Å². The van der Waals surface area contributed by atoms with Crippen LogP contribution in [0.1, 0.15) is 56.3 Å². The molecule has 1 atom stereocenters. The summed E-state index contributed by atoms with van der Waals surface area (Å²) in [6.07, 6.45) is 5.52. The summed E-state index contributed by atoms with van der Waals surface area (Å²) in [7, 11) is 0. The molecule has 0 aliphatic heterocycles. The first kappa shape index (κ1) is 20.0. The van der Waals surface area contributed by atoms with Crippen LogP contribution < -0.4 is 5.69 Å². The zero-order valence-electron chi connectivity index (χ0n) is 16.9. The van der Waals surface area contributed by atoms with Crippen molar-refractivity contribution in [2.75, 3.05) is 0 Å². The number of aromatic nitrogens is 3. The Morgan fingerprint density at radius 2 is 2.00 bits per heavy atom. The Balaban J connectivity index is 1.67. The standard InChI is InChI=1S/C23H17N3O5S/c1-12-24-20-17(30-12)8-6-13-4-2-3-5-15(13)19(20)16-11-26(23(29)25-21(16)32)10-14-7-9-18(31-14)22(27)28/h2-9,11,19H,10H2,1H3,(H,27,28)(H,25,29,32). The molecule has 5 rings (SSSR count). The number of carboxylic acids is 1. The Kier molecular flexibility index (Phi) is 4.75. The molecule has 3 heterocycles. The van der Waals surface area contributed by atoms with E-state index in [1.165, 1.54) is 16.7 Å². The maximum Gasteiger partial charge on any atom is 0.371 e. The molecule has 1 unspecified atom stereocenters. The smallest absolute Gasteiger partial charge is 0.371 e. The summed E-state index contributed by atoms with van der Waals surface area (Å²) in [6, 6.07) is 10.8. The lowest BCUT2D eigenvalue weighted by atomic mass is 9.87. The van der Waals surface area contributed by atoms with Gasteiger partial charge in [-0.3, -0.25) is 9.55 Å². The van der Waals surface area contributed by atoms with Crippen molar-refractivity contribution in [3.8, 4) is 0 Å². The van der Waals surface area contributed by atoms with Crippen molar-refractivity contribution in [3.63, 3.8) is 0 Å². The average molecular weight is 447 g/mol. The van der Waals surface area contributed by atoms with Gasteiger partial charge >= 0.3 is 11.7 Å². The van der Waals surface area contributed by atoms with Crippen LogP contribution in [-0.2, 0) is 6.54 Å². The third-order valence-electron chi connectivity index (χ3n) is 5.33. The van der Waals surface area contributed by atoms with E-state index in [-0.39, 0.29) is 18.2 Å². The Morgan fingerprint density at radius 3 is 2.78 bits per heavy atom. The molecular weight excluding hydrogens is 430 g/mol. The minimum absolute atomic E-state index is 0.0442. The number of furan rings is 1. The number of benzene rings is 1. The Labute approximate surface area is 186 Å². The summed E-state index contributed by atoms with van der Waals surface area (Å²) in [4.78, 5) is 31.1. The van der Waals surface area contributed by atoms with Crippen LogP contribution in [0.5, 0.6) is 0 Å². The lowest BCUT2D eigenvalue weighted by Gasteiger charge is -2.18. The second-order valence-corrected chi connectivity index (χ2v) is 7.83. The molecule has 0 amide bonds. The van der Waals surface area contributed by atoms with Crippen LogP contribution in [-0.4, -0.2) is 25.6 Å². The van der Waals surface area contributed by atoms with E-state index in [0.29, 0.717) is 33.3 Å². The summed E-state index contributed by atoms with van der Waals surface area (Å²) in [5, 5.41) is 9.08. The number of fused-ring (bicyclic) bond motifs is 2. The van der Waals surface area contributed by atoms with Crippen molar-refractivity contribution in [1.29, 1.82) is 0 Å². The molecule has 8 nitrogen and oxygen atoms in total. The number of aryl methyl sites for hydroxylation is 1. The van der Waals surface area contributed by atoms with Gasteiger partial charge in [0.1, 0.15) is 10.4 Å². The maximum absolute atomic E-state index is 12.6. The van der Waals surface area contributed by atoms with E-state index in [0.717, 1.165) is 11.1 Å². The molecule has 0 saturated heterocycles. The SMILES string of the molecule is Cc1nc2c(o1)C=Cc1ccccc1C2c1cn(Cc2ccc(C(=O)O)o2)c(=O)[nH]c1=S. The minimum Gasteiger partial charge on any atom is -0.475 e. The number of nitrogens with one attached hydrogen (secondary N) is 1. The molecule has 0 saturated carbocycles. The van der Waals surface area contributed by atoms with E-state index in [1.807, 2.05) is 36.4 Å². The fourth-order valence-corrected chi connectivity index (χ4v) is 4.19. The van der Waals surface area contributed by atoms with Crippen LogP contribution in [0.15, 0.2) is 56.2 Å². The van der Waals surface area contributed by atoms with Gasteiger partial charge in [0.25, 0.3) is 0 Å². The largest absolute Gasteiger partial charge is 0.475 e. The highest BCUT2D eigenvalue weighted by Crippen LogP contribution is 2.39. The third-order valence-corrected chi connectivity index (χ3v) is 5.67. The summed E-state index contributed by atoms with van der Waals surface area (Å²) in [5.74, 6) is -0.230. The number of oxazole rings is 1. The van der Waals surface area contributed by atoms with Gasteiger partial charge in [0.05, 0.1) is 18.2 Å². The number of hydrogen-bond donors (Lipinski definition) is 2. The molecule has 0 spiro atoms. The molecule has 0 fully saturated rings. The van der Waals surface area contributed by atoms with Gasteiger partial charge in [-0.2, -0.15) is 0 Å². The zero-order chi connectivity index (χ0) is 22.4. The average Bonchev–Trinajstić information content (AvgIpc) is 3.34. The van der Waals surface area contributed by atoms with Gasteiger partial charge in [0.15, 0.2) is 11.7 Å². The maximum atomic E-state index is 12.6. The zero-order valence-corrected chi connectivity index (χ0v) is 17.7. The third kappa shape index (κ3) is 3.42. The van der Waals surface area contributed by atoms with Crippen molar-refractivity contribution in [3.05, 3.63) is 103 Å². The van der Waals surface area contributed by atoms with E-state index in [1.54, 1.807) is 13.1 Å². The highest BCUT2D eigenvalue weighted by molar-refractivity contribution is 7.71. The molecular formula is C23H17N3O5S. The fourth-order valence-electron chi connectivity index (χ4n) is 3.93. The monoisotopic (exact) mass is 447 g/mol. The fraction of sp³-hybridized carbons (Fsp3) is 0.130. The van der Waals surface area contributed by atoms with Gasteiger partial charge in [-0.1, -0.05) is 42.6 Å². The number of aromatic carboxylic acids is 1. The first-order valence-electron chi connectivity index (χ1n) is 9.80. The summed E-state index contributed by atoms with van der Waals surface area (Å²) < 4.78 is 12.8. The number of carbonyl (C=O) groups is 1. The second-order valence-electron chi connectivity index (χ2n) is 7.42. The number of hydrogen-bond acceptors (Lipinski definition) is 6. The molecule has 1 aliphatic rings. The summed E-state index contributed by atoms with van der Waals surface area (Å²) in [6.45, 7) is 1.83. The molecule has 1 aromatic carbocycles. The van der Waals surface area contributed by atoms with Crippen molar-refractivity contribution < 1.29 is 18.7 Å². The predicted octanol–water partition coefficient (Wildman–Crippen LogP) is 4.21. The number of nitrogens with zero attached hydrogens (tertiary/aromatic N) is 2. The molecule has 4 aromatic rings. The van der Waals surface area contributed by atoms with Crippen molar-refractivity contribution >= 4 is 30.3 Å². The Hall–Kier alpha value is -3.98. The van der Waals surface area contributed by atoms with Gasteiger partial charge in [0.2, 0.25) is 5.76 Å². The van der Waals surface area contributed by atoms with E-state index in [2.05, 4.69) is 9.97 Å². The number of rotatable bonds is 4. The lowest BCUT2D eigenvalue weighted by Crippen LogP contribution is -2.25. The first-order valence-corrected chi connectivity index (χ1v) is 10.2. The van der Waals surface area contributed by atoms with Gasteiger partial charge < -0.3 is 13.9 Å². The molecule has 9 heteroatoms. The van der Waals surface area contributed by atoms with E-state index in [4.69, 9.17) is 26.2 Å². The molecule has 0 bridgehead atoms. The van der Waals surface area contributed by atoms with Gasteiger partial charge in [0, 0.05) is 18.7 Å². The molecule has 0 radical (unpaired) electrons. The van der Waals surface area contributed by atoms with Gasteiger partial charge in [-0.25, -0.2) is 14.6 Å². The molecule has 2 N–H and O–H groups in total. The van der Waals surface area contributed by atoms with Crippen LogP contribution in [0.2, 0.25) is 0 Å².